The van der Waals surface area contributed by atoms with Crippen molar-refractivity contribution in [3.63, 3.8) is 0 Å². The largest absolute Gasteiger partial charge is 0.340 e. The smallest absolute Gasteiger partial charge is 0.254 e. The third-order valence-corrected chi connectivity index (χ3v) is 5.94. The van der Waals surface area contributed by atoms with E-state index in [1.165, 1.54) is 17.3 Å². The molecule has 0 aliphatic carbocycles. The molecule has 1 heterocycles. The number of carbonyl (C=O) groups excluding carboxylic acids is 2. The number of likely N-dealkylation sites (N-methyl/N-ethyl adjacent to an activating group) is 2. The molecule has 6 heteroatoms. The molecule has 3 rings (SSSR count). The fourth-order valence-corrected chi connectivity index (χ4v) is 4.16. The topological polar surface area (TPSA) is 43.9 Å². The van der Waals surface area contributed by atoms with Gasteiger partial charge in [0.05, 0.1) is 11.3 Å². The minimum atomic E-state index is -0.0103. The maximum atomic E-state index is 12.8. The van der Waals surface area contributed by atoms with E-state index in [2.05, 4.69) is 11.0 Å². The van der Waals surface area contributed by atoms with E-state index in [0.717, 1.165) is 30.1 Å². The number of nitrogens with zero attached hydrogens (tertiary/aromatic N) is 3. The number of fused-ring (bicyclic) bond motifs is 1. The Morgan fingerprint density at radius 3 is 2.50 bits per heavy atom. The fourth-order valence-electron chi connectivity index (χ4n) is 3.24. The van der Waals surface area contributed by atoms with Crippen molar-refractivity contribution in [2.75, 3.05) is 51.4 Å². The van der Waals surface area contributed by atoms with E-state index in [9.17, 15) is 9.59 Å². The van der Waals surface area contributed by atoms with Crippen LogP contribution in [0, 0.1) is 0 Å². The van der Waals surface area contributed by atoms with Crippen molar-refractivity contribution in [2.24, 2.45) is 0 Å². The third kappa shape index (κ3) is 4.75. The van der Waals surface area contributed by atoms with Gasteiger partial charge in [0.2, 0.25) is 5.91 Å². The standard InChI is InChI=1S/C22H27N3O2S/c1-23(2)14-15-24(3)22(27)18-9-5-7-11-20(18)28-16-21(26)25-13-12-17-8-4-6-10-19(17)25/h4-11H,12-16H2,1-3H3. The van der Waals surface area contributed by atoms with Crippen molar-refractivity contribution < 1.29 is 9.59 Å². The van der Waals surface area contributed by atoms with Crippen molar-refractivity contribution in [1.82, 2.24) is 9.80 Å². The Balaban J connectivity index is 1.65. The van der Waals surface area contributed by atoms with Crippen LogP contribution in [0.2, 0.25) is 0 Å². The molecule has 0 saturated carbocycles. The van der Waals surface area contributed by atoms with Crippen LogP contribution in [0.1, 0.15) is 15.9 Å². The van der Waals surface area contributed by atoms with Crippen molar-refractivity contribution in [1.29, 1.82) is 0 Å². The SMILES string of the molecule is CN(C)CCN(C)C(=O)c1ccccc1SCC(=O)N1CCc2ccccc21. The zero-order valence-corrected chi connectivity index (χ0v) is 17.5. The zero-order valence-electron chi connectivity index (χ0n) is 16.7. The van der Waals surface area contributed by atoms with Gasteiger partial charge in [-0.3, -0.25) is 9.59 Å². The number of hydrogen-bond acceptors (Lipinski definition) is 4. The highest BCUT2D eigenvalue weighted by molar-refractivity contribution is 8.00. The maximum absolute atomic E-state index is 12.8. The Kier molecular flexibility index (Phi) is 6.75. The van der Waals surface area contributed by atoms with Crippen molar-refractivity contribution in [3.8, 4) is 0 Å². The Morgan fingerprint density at radius 2 is 1.71 bits per heavy atom. The number of para-hydroxylation sites is 1. The van der Waals surface area contributed by atoms with E-state index >= 15 is 0 Å². The van der Waals surface area contributed by atoms with E-state index < -0.39 is 0 Å². The minimum absolute atomic E-state index is 0.0103. The van der Waals surface area contributed by atoms with E-state index in [1.54, 1.807) is 4.90 Å². The summed E-state index contributed by atoms with van der Waals surface area (Å²) in [5, 5.41) is 0. The molecule has 0 N–H and O–H groups in total. The van der Waals surface area contributed by atoms with Gasteiger partial charge in [0.25, 0.3) is 5.91 Å². The number of anilines is 1. The lowest BCUT2D eigenvalue weighted by Gasteiger charge is -2.21. The summed E-state index contributed by atoms with van der Waals surface area (Å²) in [6.07, 6.45) is 0.901. The number of rotatable bonds is 7. The highest BCUT2D eigenvalue weighted by atomic mass is 32.2. The van der Waals surface area contributed by atoms with E-state index in [-0.39, 0.29) is 11.8 Å². The van der Waals surface area contributed by atoms with E-state index in [4.69, 9.17) is 0 Å². The van der Waals surface area contributed by atoms with Crippen molar-refractivity contribution in [2.45, 2.75) is 11.3 Å². The molecule has 148 valence electrons. The monoisotopic (exact) mass is 397 g/mol. The summed E-state index contributed by atoms with van der Waals surface area (Å²) >= 11 is 1.44. The molecular weight excluding hydrogens is 370 g/mol. The lowest BCUT2D eigenvalue weighted by atomic mass is 10.2. The summed E-state index contributed by atoms with van der Waals surface area (Å²) in [5.74, 6) is 0.391. The molecule has 0 fully saturated rings. The summed E-state index contributed by atoms with van der Waals surface area (Å²) in [7, 11) is 5.80. The second-order valence-corrected chi connectivity index (χ2v) is 8.26. The summed E-state index contributed by atoms with van der Waals surface area (Å²) in [4.78, 5) is 32.1. The van der Waals surface area contributed by atoms with E-state index in [1.807, 2.05) is 68.5 Å². The molecule has 0 spiro atoms. The van der Waals surface area contributed by atoms with Gasteiger partial charge in [-0.15, -0.1) is 11.8 Å². The molecule has 0 radical (unpaired) electrons. The average Bonchev–Trinajstić information content (AvgIpc) is 3.14. The first kappa shape index (κ1) is 20.4. The Bertz CT molecular complexity index is 853. The van der Waals surface area contributed by atoms with Gasteiger partial charge in [-0.2, -0.15) is 0 Å². The van der Waals surface area contributed by atoms with E-state index in [0.29, 0.717) is 17.9 Å². The average molecular weight is 398 g/mol. The maximum Gasteiger partial charge on any atom is 0.254 e. The predicted octanol–water partition coefficient (Wildman–Crippen LogP) is 3.00. The van der Waals surface area contributed by atoms with Gasteiger partial charge in [-0.05, 0) is 44.3 Å². The normalized spacial score (nSPS) is 12.9. The van der Waals surface area contributed by atoms with Gasteiger partial charge in [0, 0.05) is 37.3 Å². The quantitative estimate of drug-likeness (QED) is 0.674. The highest BCUT2D eigenvalue weighted by Gasteiger charge is 2.24. The minimum Gasteiger partial charge on any atom is -0.340 e. The summed E-state index contributed by atoms with van der Waals surface area (Å²) in [6.45, 7) is 2.20. The molecule has 0 atom stereocenters. The van der Waals surface area contributed by atoms with Crippen LogP contribution < -0.4 is 4.90 Å². The number of hydrogen-bond donors (Lipinski definition) is 0. The molecule has 0 bridgehead atoms. The van der Waals surface area contributed by atoms with Gasteiger partial charge in [0.15, 0.2) is 0 Å². The molecule has 5 nitrogen and oxygen atoms in total. The first-order valence-corrected chi connectivity index (χ1v) is 10.5. The van der Waals surface area contributed by atoms with Gasteiger partial charge in [-0.1, -0.05) is 30.3 Å². The Hall–Kier alpha value is -2.31. The Labute approximate surface area is 171 Å². The van der Waals surface area contributed by atoms with Crippen LogP contribution in [0.15, 0.2) is 53.4 Å². The van der Waals surface area contributed by atoms with Crippen LogP contribution >= 0.6 is 11.8 Å². The highest BCUT2D eigenvalue weighted by Crippen LogP contribution is 2.30. The van der Waals surface area contributed by atoms with Gasteiger partial charge in [0.1, 0.15) is 0 Å². The predicted molar refractivity (Wildman–Crippen MR) is 115 cm³/mol. The molecular formula is C22H27N3O2S. The molecule has 2 aromatic carbocycles. The fraction of sp³-hybridized carbons (Fsp3) is 0.364. The molecule has 0 unspecified atom stereocenters. The molecule has 1 aliphatic rings. The zero-order chi connectivity index (χ0) is 20.1. The number of amides is 2. The first-order chi connectivity index (χ1) is 13.5. The lowest BCUT2D eigenvalue weighted by molar-refractivity contribution is -0.116. The van der Waals surface area contributed by atoms with Gasteiger partial charge < -0.3 is 14.7 Å². The van der Waals surface area contributed by atoms with Crippen LogP contribution in [0.5, 0.6) is 0 Å². The van der Waals surface area contributed by atoms with Crippen LogP contribution in [0.4, 0.5) is 5.69 Å². The van der Waals surface area contributed by atoms with Crippen molar-refractivity contribution >= 4 is 29.3 Å². The number of thioether (sulfide) groups is 1. The Morgan fingerprint density at radius 1 is 1.00 bits per heavy atom. The van der Waals surface area contributed by atoms with Crippen LogP contribution in [0.25, 0.3) is 0 Å². The van der Waals surface area contributed by atoms with Crippen LogP contribution in [0.3, 0.4) is 0 Å². The summed E-state index contributed by atoms with van der Waals surface area (Å²) in [5.41, 5.74) is 2.89. The number of benzene rings is 2. The molecule has 2 amide bonds. The van der Waals surface area contributed by atoms with Crippen LogP contribution in [-0.4, -0.2) is 68.1 Å². The summed E-state index contributed by atoms with van der Waals surface area (Å²) in [6, 6.07) is 15.6. The van der Waals surface area contributed by atoms with Gasteiger partial charge >= 0.3 is 0 Å². The second kappa shape index (κ2) is 9.26. The molecule has 2 aromatic rings. The molecule has 0 saturated heterocycles. The molecule has 0 aromatic heterocycles. The molecule has 28 heavy (non-hydrogen) atoms. The third-order valence-electron chi connectivity index (χ3n) is 4.89. The first-order valence-electron chi connectivity index (χ1n) is 9.47. The summed E-state index contributed by atoms with van der Waals surface area (Å²) < 4.78 is 0. The van der Waals surface area contributed by atoms with Crippen molar-refractivity contribution in [3.05, 3.63) is 59.7 Å². The molecule has 1 aliphatic heterocycles. The van der Waals surface area contributed by atoms with Gasteiger partial charge in [-0.25, -0.2) is 0 Å². The van der Waals surface area contributed by atoms with Crippen LogP contribution in [-0.2, 0) is 11.2 Å². The second-order valence-electron chi connectivity index (χ2n) is 7.24. The number of carbonyl (C=O) groups is 2. The lowest BCUT2D eigenvalue weighted by Crippen LogP contribution is -2.34.